The first-order valence-corrected chi connectivity index (χ1v) is 7.25. The molecule has 1 atom stereocenters. The van der Waals surface area contributed by atoms with Crippen LogP contribution < -0.4 is 10.2 Å². The molecule has 19 heavy (non-hydrogen) atoms. The van der Waals surface area contributed by atoms with E-state index in [0.29, 0.717) is 16.6 Å². The van der Waals surface area contributed by atoms with Gasteiger partial charge in [0.05, 0.1) is 22.3 Å². The highest BCUT2D eigenvalue weighted by atomic mass is 35.5. The third-order valence-corrected chi connectivity index (χ3v) is 4.04. The molecule has 0 aromatic heterocycles. The van der Waals surface area contributed by atoms with Gasteiger partial charge in [-0.05, 0) is 57.5 Å². The summed E-state index contributed by atoms with van der Waals surface area (Å²) >= 11 is 6.33. The van der Waals surface area contributed by atoms with Crippen LogP contribution in [0, 0.1) is 11.3 Å². The number of nitrogens with one attached hydrogen (secondary N) is 1. The minimum atomic E-state index is 0.548. The summed E-state index contributed by atoms with van der Waals surface area (Å²) in [4.78, 5) is 2.41. The van der Waals surface area contributed by atoms with E-state index in [-0.39, 0.29) is 0 Å². The van der Waals surface area contributed by atoms with E-state index < -0.39 is 0 Å². The van der Waals surface area contributed by atoms with E-state index in [4.69, 9.17) is 16.9 Å². The van der Waals surface area contributed by atoms with Gasteiger partial charge in [-0.1, -0.05) is 11.6 Å². The molecule has 1 aliphatic heterocycles. The molecule has 1 aromatic rings. The van der Waals surface area contributed by atoms with Crippen LogP contribution >= 0.6 is 11.6 Å². The van der Waals surface area contributed by atoms with Crippen LogP contribution in [-0.4, -0.2) is 26.2 Å². The van der Waals surface area contributed by atoms with Gasteiger partial charge in [-0.3, -0.25) is 0 Å². The lowest BCUT2D eigenvalue weighted by Crippen LogP contribution is -2.41. The number of halogens is 1. The van der Waals surface area contributed by atoms with Gasteiger partial charge in [0.2, 0.25) is 0 Å². The topological polar surface area (TPSA) is 39.1 Å². The summed E-state index contributed by atoms with van der Waals surface area (Å²) in [6, 6.07) is 8.28. The third kappa shape index (κ3) is 3.40. The number of nitriles is 1. The maximum atomic E-state index is 8.90. The van der Waals surface area contributed by atoms with Crippen LogP contribution in [0.25, 0.3) is 0 Å². The number of hydrogen-bond donors (Lipinski definition) is 1. The Morgan fingerprint density at radius 1 is 1.47 bits per heavy atom. The molecule has 0 aliphatic carbocycles. The first-order valence-electron chi connectivity index (χ1n) is 6.87. The van der Waals surface area contributed by atoms with Gasteiger partial charge >= 0.3 is 0 Å². The van der Waals surface area contributed by atoms with Crippen LogP contribution in [0.2, 0.25) is 5.02 Å². The largest absolute Gasteiger partial charge is 0.367 e. The Morgan fingerprint density at radius 3 is 3.00 bits per heavy atom. The van der Waals surface area contributed by atoms with E-state index in [1.165, 1.54) is 19.3 Å². The van der Waals surface area contributed by atoms with Gasteiger partial charge in [-0.2, -0.15) is 5.26 Å². The minimum Gasteiger partial charge on any atom is -0.367 e. The molecule has 1 saturated heterocycles. The molecule has 1 heterocycles. The van der Waals surface area contributed by atoms with Crippen molar-refractivity contribution in [3.63, 3.8) is 0 Å². The average molecular weight is 278 g/mol. The van der Waals surface area contributed by atoms with Gasteiger partial charge in [0, 0.05) is 12.6 Å². The highest BCUT2D eigenvalue weighted by molar-refractivity contribution is 6.33. The van der Waals surface area contributed by atoms with Crippen LogP contribution in [-0.2, 0) is 0 Å². The number of benzene rings is 1. The highest BCUT2D eigenvalue weighted by Crippen LogP contribution is 2.32. The van der Waals surface area contributed by atoms with E-state index in [2.05, 4.69) is 16.3 Å². The van der Waals surface area contributed by atoms with Crippen LogP contribution in [0.5, 0.6) is 0 Å². The Hall–Kier alpha value is -1.24. The fraction of sp³-hybridized carbons (Fsp3) is 0.533. The fourth-order valence-corrected chi connectivity index (χ4v) is 3.03. The van der Waals surface area contributed by atoms with E-state index in [9.17, 15) is 0 Å². The zero-order chi connectivity index (χ0) is 13.7. The average Bonchev–Trinajstić information content (AvgIpc) is 2.45. The number of nitrogens with zero attached hydrogens (tertiary/aromatic N) is 2. The second kappa shape index (κ2) is 6.79. The SMILES string of the molecule is CNCCC1CCCCN1c1ccc(C#N)cc1Cl. The molecule has 4 heteroatoms. The second-order valence-corrected chi connectivity index (χ2v) is 5.42. The molecule has 0 radical (unpaired) electrons. The first-order chi connectivity index (χ1) is 9.26. The van der Waals surface area contributed by atoms with Crippen molar-refractivity contribution in [2.45, 2.75) is 31.7 Å². The van der Waals surface area contributed by atoms with Crippen molar-refractivity contribution < 1.29 is 0 Å². The predicted octanol–water partition coefficient (Wildman–Crippen LogP) is 3.18. The molecule has 3 nitrogen and oxygen atoms in total. The predicted molar refractivity (Wildman–Crippen MR) is 79.7 cm³/mol. The smallest absolute Gasteiger partial charge is 0.0992 e. The van der Waals surface area contributed by atoms with Crippen LogP contribution in [0.3, 0.4) is 0 Å². The Balaban J connectivity index is 2.19. The van der Waals surface area contributed by atoms with Gasteiger partial charge in [-0.15, -0.1) is 0 Å². The zero-order valence-corrected chi connectivity index (χ0v) is 12.1. The van der Waals surface area contributed by atoms with Gasteiger partial charge in [0.1, 0.15) is 0 Å². The number of anilines is 1. The molecule has 1 fully saturated rings. The maximum Gasteiger partial charge on any atom is 0.0992 e. The number of piperidine rings is 1. The Morgan fingerprint density at radius 2 is 2.32 bits per heavy atom. The molecule has 0 bridgehead atoms. The molecular formula is C15H20ClN3. The molecule has 1 unspecified atom stereocenters. The van der Waals surface area contributed by atoms with E-state index in [0.717, 1.165) is 25.2 Å². The van der Waals surface area contributed by atoms with E-state index >= 15 is 0 Å². The quantitative estimate of drug-likeness (QED) is 0.919. The lowest BCUT2D eigenvalue weighted by atomic mass is 9.98. The van der Waals surface area contributed by atoms with Crippen LogP contribution in [0.1, 0.15) is 31.2 Å². The van der Waals surface area contributed by atoms with Crippen molar-refractivity contribution in [3.05, 3.63) is 28.8 Å². The van der Waals surface area contributed by atoms with Gasteiger partial charge < -0.3 is 10.2 Å². The Labute approximate surface area is 120 Å². The van der Waals surface area contributed by atoms with Crippen molar-refractivity contribution in [1.82, 2.24) is 5.32 Å². The standard InChI is InChI=1S/C15H20ClN3/c1-18-8-7-13-4-2-3-9-19(13)15-6-5-12(11-17)10-14(15)16/h5-6,10,13,18H,2-4,7-9H2,1H3. The molecule has 102 valence electrons. The molecule has 1 aromatic carbocycles. The van der Waals surface area contributed by atoms with E-state index in [1.54, 1.807) is 6.07 Å². The lowest BCUT2D eigenvalue weighted by molar-refractivity contribution is 0.433. The van der Waals surface area contributed by atoms with Gasteiger partial charge in [0.15, 0.2) is 0 Å². The molecule has 0 saturated carbocycles. The summed E-state index contributed by atoms with van der Waals surface area (Å²) < 4.78 is 0. The lowest BCUT2D eigenvalue weighted by Gasteiger charge is -2.38. The summed E-state index contributed by atoms with van der Waals surface area (Å²) in [7, 11) is 1.99. The summed E-state index contributed by atoms with van der Waals surface area (Å²) in [5.74, 6) is 0. The fourth-order valence-electron chi connectivity index (χ4n) is 2.74. The Kier molecular flexibility index (Phi) is 5.07. The van der Waals surface area contributed by atoms with Crippen LogP contribution in [0.15, 0.2) is 18.2 Å². The number of hydrogen-bond acceptors (Lipinski definition) is 3. The van der Waals surface area contributed by atoms with Crippen molar-refractivity contribution in [2.24, 2.45) is 0 Å². The maximum absolute atomic E-state index is 8.90. The van der Waals surface area contributed by atoms with Gasteiger partial charge in [0.25, 0.3) is 0 Å². The molecular weight excluding hydrogens is 258 g/mol. The first kappa shape index (κ1) is 14.2. The summed E-state index contributed by atoms with van der Waals surface area (Å²) in [5, 5.41) is 12.8. The van der Waals surface area contributed by atoms with Crippen molar-refractivity contribution in [3.8, 4) is 6.07 Å². The Bertz CT molecular complexity index is 467. The van der Waals surface area contributed by atoms with Crippen molar-refractivity contribution in [2.75, 3.05) is 25.0 Å². The summed E-state index contributed by atoms with van der Waals surface area (Å²) in [6.07, 6.45) is 4.86. The summed E-state index contributed by atoms with van der Waals surface area (Å²) in [6.45, 7) is 2.08. The second-order valence-electron chi connectivity index (χ2n) is 5.01. The zero-order valence-electron chi connectivity index (χ0n) is 11.3. The normalized spacial score (nSPS) is 19.2. The highest BCUT2D eigenvalue weighted by Gasteiger charge is 2.23. The third-order valence-electron chi connectivity index (χ3n) is 3.74. The van der Waals surface area contributed by atoms with Crippen molar-refractivity contribution in [1.29, 1.82) is 5.26 Å². The monoisotopic (exact) mass is 277 g/mol. The molecule has 0 spiro atoms. The summed E-state index contributed by atoms with van der Waals surface area (Å²) in [5.41, 5.74) is 1.69. The van der Waals surface area contributed by atoms with Crippen LogP contribution in [0.4, 0.5) is 5.69 Å². The van der Waals surface area contributed by atoms with Crippen molar-refractivity contribution >= 4 is 17.3 Å². The molecule has 2 rings (SSSR count). The molecule has 1 N–H and O–H groups in total. The van der Waals surface area contributed by atoms with E-state index in [1.807, 2.05) is 19.2 Å². The number of rotatable bonds is 4. The minimum absolute atomic E-state index is 0.548. The molecule has 1 aliphatic rings. The molecule has 0 amide bonds. The van der Waals surface area contributed by atoms with Gasteiger partial charge in [-0.25, -0.2) is 0 Å².